The molecule has 0 bridgehead atoms. The SMILES string of the molecule is CCCCC(CC)CNC(=O)NC(CO)C(=O)O. The second kappa shape index (κ2) is 9.70. The first-order chi connectivity index (χ1) is 8.54. The van der Waals surface area contributed by atoms with Crippen LogP contribution in [-0.2, 0) is 4.79 Å². The fourth-order valence-electron chi connectivity index (χ4n) is 1.58. The van der Waals surface area contributed by atoms with Crippen molar-refractivity contribution in [2.24, 2.45) is 5.92 Å². The highest BCUT2D eigenvalue weighted by molar-refractivity contribution is 5.82. The van der Waals surface area contributed by atoms with E-state index in [2.05, 4.69) is 24.5 Å². The van der Waals surface area contributed by atoms with Gasteiger partial charge in [0.2, 0.25) is 0 Å². The van der Waals surface area contributed by atoms with Gasteiger partial charge in [0, 0.05) is 6.54 Å². The average molecular weight is 260 g/mol. The minimum absolute atomic E-state index is 0.410. The molecule has 0 aromatic carbocycles. The van der Waals surface area contributed by atoms with Crippen LogP contribution in [0.25, 0.3) is 0 Å². The van der Waals surface area contributed by atoms with Crippen molar-refractivity contribution >= 4 is 12.0 Å². The van der Waals surface area contributed by atoms with Gasteiger partial charge in [0.15, 0.2) is 6.04 Å². The third kappa shape index (κ3) is 7.11. The van der Waals surface area contributed by atoms with Crippen molar-refractivity contribution in [2.75, 3.05) is 13.2 Å². The van der Waals surface area contributed by atoms with Crippen molar-refractivity contribution in [1.29, 1.82) is 0 Å². The zero-order chi connectivity index (χ0) is 14.0. The highest BCUT2D eigenvalue weighted by atomic mass is 16.4. The molecule has 2 atom stereocenters. The van der Waals surface area contributed by atoms with E-state index in [1.807, 2.05) is 0 Å². The van der Waals surface area contributed by atoms with Crippen LogP contribution in [0.4, 0.5) is 4.79 Å². The van der Waals surface area contributed by atoms with Crippen molar-refractivity contribution in [1.82, 2.24) is 10.6 Å². The molecule has 4 N–H and O–H groups in total. The number of aliphatic hydroxyl groups is 1. The normalized spacial score (nSPS) is 13.7. The fraction of sp³-hybridized carbons (Fsp3) is 0.833. The van der Waals surface area contributed by atoms with E-state index < -0.39 is 24.6 Å². The Kier molecular flexibility index (Phi) is 9.00. The smallest absolute Gasteiger partial charge is 0.328 e. The maximum absolute atomic E-state index is 11.4. The quantitative estimate of drug-likeness (QED) is 0.496. The van der Waals surface area contributed by atoms with E-state index in [1.165, 1.54) is 0 Å². The van der Waals surface area contributed by atoms with Gasteiger partial charge < -0.3 is 20.8 Å². The molecule has 0 aliphatic heterocycles. The summed E-state index contributed by atoms with van der Waals surface area (Å²) in [5, 5.41) is 22.3. The van der Waals surface area contributed by atoms with Gasteiger partial charge >= 0.3 is 12.0 Å². The Morgan fingerprint density at radius 2 is 1.94 bits per heavy atom. The van der Waals surface area contributed by atoms with Crippen LogP contribution in [0.3, 0.4) is 0 Å². The number of aliphatic hydroxyl groups excluding tert-OH is 1. The van der Waals surface area contributed by atoms with E-state index in [9.17, 15) is 9.59 Å². The third-order valence-electron chi connectivity index (χ3n) is 2.88. The van der Waals surface area contributed by atoms with Gasteiger partial charge in [0.05, 0.1) is 6.61 Å². The molecule has 0 radical (unpaired) electrons. The largest absolute Gasteiger partial charge is 0.480 e. The maximum Gasteiger partial charge on any atom is 0.328 e. The minimum Gasteiger partial charge on any atom is -0.480 e. The summed E-state index contributed by atoms with van der Waals surface area (Å²) < 4.78 is 0. The van der Waals surface area contributed by atoms with Gasteiger partial charge in [-0.2, -0.15) is 0 Å². The van der Waals surface area contributed by atoms with E-state index in [4.69, 9.17) is 10.2 Å². The monoisotopic (exact) mass is 260 g/mol. The molecule has 106 valence electrons. The Bertz CT molecular complexity index is 258. The molecule has 0 aliphatic rings. The van der Waals surface area contributed by atoms with Gasteiger partial charge in [-0.3, -0.25) is 0 Å². The second-order valence-corrected chi connectivity index (χ2v) is 4.34. The molecule has 6 heteroatoms. The molecular weight excluding hydrogens is 236 g/mol. The van der Waals surface area contributed by atoms with Crippen molar-refractivity contribution < 1.29 is 19.8 Å². The number of carbonyl (C=O) groups is 2. The van der Waals surface area contributed by atoms with Gasteiger partial charge in [0.25, 0.3) is 0 Å². The molecule has 2 amide bonds. The zero-order valence-electron chi connectivity index (χ0n) is 11.1. The number of carboxylic acid groups (broad SMARTS) is 1. The molecule has 6 nitrogen and oxygen atoms in total. The van der Waals surface area contributed by atoms with E-state index in [0.717, 1.165) is 25.7 Å². The summed E-state index contributed by atoms with van der Waals surface area (Å²) in [7, 11) is 0. The first kappa shape index (κ1) is 16.7. The Morgan fingerprint density at radius 1 is 1.28 bits per heavy atom. The molecule has 0 aliphatic carbocycles. The highest BCUT2D eigenvalue weighted by Crippen LogP contribution is 2.10. The molecule has 2 unspecified atom stereocenters. The number of carbonyl (C=O) groups excluding carboxylic acids is 1. The van der Waals surface area contributed by atoms with Gasteiger partial charge in [-0.1, -0.05) is 33.1 Å². The Balaban J connectivity index is 3.96. The van der Waals surface area contributed by atoms with E-state index in [0.29, 0.717) is 12.5 Å². The minimum atomic E-state index is -1.25. The maximum atomic E-state index is 11.4. The number of nitrogens with one attached hydrogen (secondary N) is 2. The summed E-state index contributed by atoms with van der Waals surface area (Å²) in [6, 6.07) is -1.80. The third-order valence-corrected chi connectivity index (χ3v) is 2.88. The van der Waals surface area contributed by atoms with Crippen LogP contribution in [0, 0.1) is 5.92 Å². The topological polar surface area (TPSA) is 98.7 Å². The lowest BCUT2D eigenvalue weighted by molar-refractivity contribution is -0.140. The van der Waals surface area contributed by atoms with Gasteiger partial charge in [-0.25, -0.2) is 9.59 Å². The average Bonchev–Trinajstić information content (AvgIpc) is 2.35. The number of hydrogen-bond acceptors (Lipinski definition) is 3. The summed E-state index contributed by atoms with van der Waals surface area (Å²) in [5.74, 6) is -0.834. The molecule has 0 spiro atoms. The molecule has 0 rings (SSSR count). The van der Waals surface area contributed by atoms with Crippen molar-refractivity contribution in [3.8, 4) is 0 Å². The van der Waals surface area contributed by atoms with Crippen molar-refractivity contribution in [2.45, 2.75) is 45.6 Å². The van der Waals surface area contributed by atoms with Crippen molar-refractivity contribution in [3.05, 3.63) is 0 Å². The van der Waals surface area contributed by atoms with Crippen LogP contribution in [-0.4, -0.2) is 41.4 Å². The Morgan fingerprint density at radius 3 is 2.39 bits per heavy atom. The summed E-state index contributed by atoms with van der Waals surface area (Å²) >= 11 is 0. The van der Waals surface area contributed by atoms with Crippen LogP contribution in [0.5, 0.6) is 0 Å². The molecule has 0 aromatic heterocycles. The zero-order valence-corrected chi connectivity index (χ0v) is 11.1. The van der Waals surface area contributed by atoms with Crippen LogP contribution in [0.2, 0.25) is 0 Å². The van der Waals surface area contributed by atoms with Gasteiger partial charge in [-0.15, -0.1) is 0 Å². The lowest BCUT2D eigenvalue weighted by Crippen LogP contribution is -2.48. The first-order valence-corrected chi connectivity index (χ1v) is 6.43. The standard InChI is InChI=1S/C12H24N2O4/c1-3-5-6-9(4-2)7-13-12(18)14-10(8-15)11(16)17/h9-10,15H,3-8H2,1-2H3,(H,16,17)(H2,13,14,18). The van der Waals surface area contributed by atoms with Gasteiger partial charge in [-0.05, 0) is 12.3 Å². The number of carboxylic acids is 1. The van der Waals surface area contributed by atoms with Crippen LogP contribution in [0.15, 0.2) is 0 Å². The number of hydrogen-bond donors (Lipinski definition) is 4. The molecule has 0 heterocycles. The van der Waals surface area contributed by atoms with Crippen molar-refractivity contribution in [3.63, 3.8) is 0 Å². The Labute approximate surface area is 108 Å². The lowest BCUT2D eigenvalue weighted by atomic mass is 9.99. The number of unbranched alkanes of at least 4 members (excludes halogenated alkanes) is 1. The van der Waals surface area contributed by atoms with Crippen LogP contribution >= 0.6 is 0 Å². The number of amides is 2. The second-order valence-electron chi connectivity index (χ2n) is 4.34. The van der Waals surface area contributed by atoms with E-state index in [-0.39, 0.29) is 0 Å². The summed E-state index contributed by atoms with van der Waals surface area (Å²) in [5.41, 5.74) is 0. The summed E-state index contributed by atoms with van der Waals surface area (Å²) in [6.07, 6.45) is 4.27. The van der Waals surface area contributed by atoms with Crippen LogP contribution < -0.4 is 10.6 Å². The molecule has 18 heavy (non-hydrogen) atoms. The van der Waals surface area contributed by atoms with Gasteiger partial charge in [0.1, 0.15) is 0 Å². The first-order valence-electron chi connectivity index (χ1n) is 6.43. The van der Waals surface area contributed by atoms with E-state index >= 15 is 0 Å². The molecule has 0 aromatic rings. The summed E-state index contributed by atoms with van der Waals surface area (Å²) in [6.45, 7) is 4.09. The number of aliphatic carboxylic acids is 1. The molecule has 0 saturated carbocycles. The predicted octanol–water partition coefficient (Wildman–Crippen LogP) is 0.948. The Hall–Kier alpha value is -1.30. The lowest BCUT2D eigenvalue weighted by Gasteiger charge is -2.17. The number of urea groups is 1. The predicted molar refractivity (Wildman–Crippen MR) is 68.4 cm³/mol. The molecule has 0 fully saturated rings. The molecular formula is C12H24N2O4. The fourth-order valence-corrected chi connectivity index (χ4v) is 1.58. The number of rotatable bonds is 9. The van der Waals surface area contributed by atoms with Crippen LogP contribution in [0.1, 0.15) is 39.5 Å². The van der Waals surface area contributed by atoms with E-state index in [1.54, 1.807) is 0 Å². The molecule has 0 saturated heterocycles. The highest BCUT2D eigenvalue weighted by Gasteiger charge is 2.18. The summed E-state index contributed by atoms with van der Waals surface area (Å²) in [4.78, 5) is 22.0.